The van der Waals surface area contributed by atoms with Gasteiger partial charge < -0.3 is 9.47 Å². The van der Waals surface area contributed by atoms with E-state index in [1.807, 2.05) is 13.0 Å². The Kier molecular flexibility index (Phi) is 5.83. The lowest BCUT2D eigenvalue weighted by molar-refractivity contribution is 0.102. The Morgan fingerprint density at radius 3 is 2.58 bits per heavy atom. The van der Waals surface area contributed by atoms with E-state index in [4.69, 9.17) is 21.1 Å². The number of hydrogen-bond donors (Lipinski definition) is 1. The van der Waals surface area contributed by atoms with E-state index < -0.39 is 0 Å². The molecule has 0 radical (unpaired) electrons. The van der Waals surface area contributed by atoms with E-state index in [1.165, 1.54) is 7.11 Å². The lowest BCUT2D eigenvalue weighted by atomic mass is 10.2. The highest BCUT2D eigenvalue weighted by Crippen LogP contribution is 2.35. The topological polar surface area (TPSA) is 104 Å². The molecule has 0 saturated carbocycles. The van der Waals surface area contributed by atoms with Gasteiger partial charge in [-0.25, -0.2) is 4.68 Å². The van der Waals surface area contributed by atoms with Crippen molar-refractivity contribution in [2.75, 3.05) is 19.5 Å². The van der Waals surface area contributed by atoms with Crippen LogP contribution in [0.1, 0.15) is 16.1 Å². The lowest BCUT2D eigenvalue weighted by Crippen LogP contribution is -2.11. The second-order valence-electron chi connectivity index (χ2n) is 6.34. The van der Waals surface area contributed by atoms with Gasteiger partial charge in [0.1, 0.15) is 17.2 Å². The number of rotatable bonds is 6. The minimum absolute atomic E-state index is 0.263. The molecule has 0 bridgehead atoms. The number of aromatic nitrogens is 5. The second kappa shape index (κ2) is 8.70. The summed E-state index contributed by atoms with van der Waals surface area (Å²) in [6, 6.07) is 12.2. The summed E-state index contributed by atoms with van der Waals surface area (Å²) in [7, 11) is 3.07. The molecule has 0 saturated heterocycles. The number of amides is 1. The molecule has 0 atom stereocenters. The minimum Gasteiger partial charge on any atom is -0.495 e. The molecule has 0 fully saturated rings. The molecule has 2 aromatic carbocycles. The van der Waals surface area contributed by atoms with Gasteiger partial charge in [0, 0.05) is 23.2 Å². The molecule has 9 nitrogen and oxygen atoms in total. The van der Waals surface area contributed by atoms with Crippen LogP contribution in [0.4, 0.5) is 5.13 Å². The molecule has 4 rings (SSSR count). The predicted octanol–water partition coefficient (Wildman–Crippen LogP) is 4.02. The molecule has 11 heteroatoms. The maximum atomic E-state index is 12.3. The molecule has 0 unspecified atom stereocenters. The Hall–Kier alpha value is -3.50. The summed E-state index contributed by atoms with van der Waals surface area (Å²) >= 11 is 7.35. The van der Waals surface area contributed by atoms with Crippen LogP contribution in [0.3, 0.4) is 0 Å². The molecule has 0 spiro atoms. The highest BCUT2D eigenvalue weighted by atomic mass is 35.5. The zero-order chi connectivity index (χ0) is 22.0. The molecule has 2 heterocycles. The summed E-state index contributed by atoms with van der Waals surface area (Å²) in [5.74, 6) is 1.10. The van der Waals surface area contributed by atoms with Gasteiger partial charge in [0.25, 0.3) is 5.91 Å². The van der Waals surface area contributed by atoms with Crippen LogP contribution < -0.4 is 14.8 Å². The standard InChI is InChI=1S/C20H17ClN6O3S/c1-11-17(18-22-20(31-25-18)23-19(28)12-7-5-4-6-8-12)24-26-27(11)14-9-13(21)15(29-2)10-16(14)30-3/h4-10H,1-3H3,(H,22,23,25,28). The third-order valence-corrected chi connectivity index (χ3v) is 5.40. The molecular formula is C20H17ClN6O3S. The first kappa shape index (κ1) is 20.8. The first-order valence-electron chi connectivity index (χ1n) is 9.06. The summed E-state index contributed by atoms with van der Waals surface area (Å²) in [5.41, 5.74) is 2.28. The Bertz CT molecular complexity index is 1240. The molecule has 2 aromatic heterocycles. The van der Waals surface area contributed by atoms with E-state index in [0.29, 0.717) is 50.1 Å². The lowest BCUT2D eigenvalue weighted by Gasteiger charge is -2.12. The first-order valence-corrected chi connectivity index (χ1v) is 10.2. The maximum Gasteiger partial charge on any atom is 0.257 e. The van der Waals surface area contributed by atoms with Gasteiger partial charge in [-0.1, -0.05) is 35.0 Å². The van der Waals surface area contributed by atoms with Gasteiger partial charge >= 0.3 is 0 Å². The number of methoxy groups -OCH3 is 2. The summed E-state index contributed by atoms with van der Waals surface area (Å²) in [4.78, 5) is 16.7. The van der Waals surface area contributed by atoms with Crippen molar-refractivity contribution in [2.24, 2.45) is 0 Å². The van der Waals surface area contributed by atoms with Gasteiger partial charge in [-0.3, -0.25) is 10.1 Å². The Labute approximate surface area is 186 Å². The average Bonchev–Trinajstić information content (AvgIpc) is 3.40. The number of nitrogens with one attached hydrogen (secondary N) is 1. The Morgan fingerprint density at radius 1 is 1.13 bits per heavy atom. The van der Waals surface area contributed by atoms with E-state index in [1.54, 1.807) is 48.2 Å². The number of nitrogens with zero attached hydrogens (tertiary/aromatic N) is 5. The molecule has 0 aliphatic carbocycles. The second-order valence-corrected chi connectivity index (χ2v) is 7.50. The largest absolute Gasteiger partial charge is 0.495 e. The molecule has 1 N–H and O–H groups in total. The Balaban J connectivity index is 1.63. The summed E-state index contributed by atoms with van der Waals surface area (Å²) in [6.45, 7) is 1.83. The normalized spacial score (nSPS) is 10.7. The van der Waals surface area contributed by atoms with Crippen molar-refractivity contribution in [3.63, 3.8) is 0 Å². The quantitative estimate of drug-likeness (QED) is 0.467. The zero-order valence-corrected chi connectivity index (χ0v) is 18.4. The SMILES string of the molecule is COc1cc(OC)c(-n2nnc(-c3nsc(NC(=O)c4ccccc4)n3)c2C)cc1Cl. The summed E-state index contributed by atoms with van der Waals surface area (Å²) < 4.78 is 16.6. The van der Waals surface area contributed by atoms with Crippen LogP contribution in [0.15, 0.2) is 42.5 Å². The van der Waals surface area contributed by atoms with Crippen molar-refractivity contribution >= 4 is 34.2 Å². The molecule has 0 aliphatic rings. The van der Waals surface area contributed by atoms with Crippen LogP contribution in [0.2, 0.25) is 5.02 Å². The van der Waals surface area contributed by atoms with Crippen molar-refractivity contribution in [1.82, 2.24) is 24.4 Å². The van der Waals surface area contributed by atoms with Gasteiger partial charge in [0.2, 0.25) is 5.13 Å². The van der Waals surface area contributed by atoms with Gasteiger partial charge in [-0.05, 0) is 25.1 Å². The molecular weight excluding hydrogens is 440 g/mol. The molecule has 158 valence electrons. The van der Waals surface area contributed by atoms with Crippen molar-refractivity contribution in [3.8, 4) is 28.7 Å². The maximum absolute atomic E-state index is 12.3. The highest BCUT2D eigenvalue weighted by molar-refractivity contribution is 7.10. The number of carbonyl (C=O) groups is 1. The fourth-order valence-corrected chi connectivity index (χ4v) is 3.70. The molecule has 31 heavy (non-hydrogen) atoms. The van der Waals surface area contributed by atoms with Crippen LogP contribution in [-0.2, 0) is 0 Å². The fraction of sp³-hybridized carbons (Fsp3) is 0.150. The van der Waals surface area contributed by atoms with E-state index in [9.17, 15) is 4.79 Å². The summed E-state index contributed by atoms with van der Waals surface area (Å²) in [6.07, 6.45) is 0. The third-order valence-electron chi connectivity index (χ3n) is 4.47. The first-order chi connectivity index (χ1) is 15.0. The van der Waals surface area contributed by atoms with E-state index in [-0.39, 0.29) is 5.91 Å². The molecule has 4 aromatic rings. The minimum atomic E-state index is -0.263. The van der Waals surface area contributed by atoms with E-state index in [0.717, 1.165) is 11.5 Å². The molecule has 0 aliphatic heterocycles. The van der Waals surface area contributed by atoms with Crippen molar-refractivity contribution in [1.29, 1.82) is 0 Å². The van der Waals surface area contributed by atoms with Gasteiger partial charge in [0.05, 0.1) is 24.9 Å². The predicted molar refractivity (Wildman–Crippen MR) is 118 cm³/mol. The number of ether oxygens (including phenoxy) is 2. The van der Waals surface area contributed by atoms with Gasteiger partial charge in [0.15, 0.2) is 11.5 Å². The van der Waals surface area contributed by atoms with Crippen LogP contribution in [0.5, 0.6) is 11.5 Å². The highest BCUT2D eigenvalue weighted by Gasteiger charge is 2.20. The van der Waals surface area contributed by atoms with E-state index in [2.05, 4.69) is 25.0 Å². The van der Waals surface area contributed by atoms with Crippen molar-refractivity contribution < 1.29 is 14.3 Å². The van der Waals surface area contributed by atoms with Crippen LogP contribution >= 0.6 is 23.1 Å². The smallest absolute Gasteiger partial charge is 0.257 e. The van der Waals surface area contributed by atoms with Crippen molar-refractivity contribution in [2.45, 2.75) is 6.92 Å². The number of carbonyl (C=O) groups excluding carboxylic acids is 1. The number of anilines is 1. The third kappa shape index (κ3) is 4.07. The number of halogens is 1. The van der Waals surface area contributed by atoms with Crippen molar-refractivity contribution in [3.05, 3.63) is 58.7 Å². The van der Waals surface area contributed by atoms with Crippen LogP contribution in [0, 0.1) is 6.92 Å². The summed E-state index contributed by atoms with van der Waals surface area (Å²) in [5, 5.41) is 11.9. The van der Waals surface area contributed by atoms with Crippen LogP contribution in [0.25, 0.3) is 17.2 Å². The van der Waals surface area contributed by atoms with Crippen LogP contribution in [-0.4, -0.2) is 44.5 Å². The molecule has 1 amide bonds. The zero-order valence-electron chi connectivity index (χ0n) is 16.8. The monoisotopic (exact) mass is 456 g/mol. The fourth-order valence-electron chi connectivity index (χ4n) is 2.90. The van der Waals surface area contributed by atoms with E-state index >= 15 is 0 Å². The number of hydrogen-bond acceptors (Lipinski definition) is 8. The Morgan fingerprint density at radius 2 is 1.87 bits per heavy atom. The van der Waals surface area contributed by atoms with Gasteiger partial charge in [-0.2, -0.15) is 9.36 Å². The van der Waals surface area contributed by atoms with Gasteiger partial charge in [-0.15, -0.1) is 5.10 Å². The number of benzene rings is 2. The average molecular weight is 457 g/mol.